The molecule has 1 heterocycles. The minimum Gasteiger partial charge on any atom is -0.494 e. The maximum absolute atomic E-state index is 13.1. The van der Waals surface area contributed by atoms with Crippen LogP contribution in [0.4, 0.5) is 10.1 Å². The molecule has 0 radical (unpaired) electrons. The summed E-state index contributed by atoms with van der Waals surface area (Å²) in [7, 11) is 1.57. The van der Waals surface area contributed by atoms with E-state index in [1.807, 2.05) is 0 Å². The van der Waals surface area contributed by atoms with Crippen molar-refractivity contribution in [3.8, 4) is 5.75 Å². The summed E-state index contributed by atoms with van der Waals surface area (Å²) < 4.78 is 18.3. The molecule has 0 spiro atoms. The Bertz CT molecular complexity index is 434. The van der Waals surface area contributed by atoms with Crippen molar-refractivity contribution >= 4 is 5.69 Å². The van der Waals surface area contributed by atoms with E-state index < -0.39 is 0 Å². The van der Waals surface area contributed by atoms with E-state index in [2.05, 4.69) is 10.2 Å². The molecule has 1 aliphatic heterocycles. The van der Waals surface area contributed by atoms with Gasteiger partial charge in [0.25, 0.3) is 0 Å². The number of methoxy groups -OCH3 is 1. The molecule has 0 bridgehead atoms. The van der Waals surface area contributed by atoms with Crippen LogP contribution in [0, 0.1) is 5.82 Å². The van der Waals surface area contributed by atoms with E-state index in [4.69, 9.17) is 4.74 Å². The third kappa shape index (κ3) is 2.43. The first-order chi connectivity index (χ1) is 8.76. The first-order valence-corrected chi connectivity index (χ1v) is 6.60. The number of hydrogen-bond acceptors (Lipinski definition) is 3. The van der Waals surface area contributed by atoms with E-state index in [1.165, 1.54) is 31.5 Å². The monoisotopic (exact) mass is 250 g/mol. The molecule has 3 rings (SSSR count). The minimum absolute atomic E-state index is 0.261. The largest absolute Gasteiger partial charge is 0.494 e. The Labute approximate surface area is 107 Å². The van der Waals surface area contributed by atoms with Crippen molar-refractivity contribution in [2.75, 3.05) is 25.5 Å². The molecule has 4 heteroatoms. The SMILES string of the molecule is COc1cc(F)ccc1NC1CCN(C2CC2)C1. The number of hydrogen-bond donors (Lipinski definition) is 1. The van der Waals surface area contributed by atoms with Gasteiger partial charge in [0.15, 0.2) is 0 Å². The molecule has 1 N–H and O–H groups in total. The highest BCUT2D eigenvalue weighted by Crippen LogP contribution is 2.32. The van der Waals surface area contributed by atoms with Crippen molar-refractivity contribution in [1.29, 1.82) is 0 Å². The average molecular weight is 250 g/mol. The molecule has 2 aliphatic rings. The molecule has 1 saturated carbocycles. The summed E-state index contributed by atoms with van der Waals surface area (Å²) in [5.74, 6) is 0.323. The van der Waals surface area contributed by atoms with E-state index in [0.29, 0.717) is 11.8 Å². The number of nitrogens with zero attached hydrogens (tertiary/aromatic N) is 1. The van der Waals surface area contributed by atoms with Gasteiger partial charge in [0.2, 0.25) is 0 Å². The van der Waals surface area contributed by atoms with Crippen LogP contribution in [-0.2, 0) is 0 Å². The fourth-order valence-corrected chi connectivity index (χ4v) is 2.68. The Hall–Kier alpha value is -1.29. The van der Waals surface area contributed by atoms with Crippen molar-refractivity contribution in [2.45, 2.75) is 31.3 Å². The fourth-order valence-electron chi connectivity index (χ4n) is 2.68. The zero-order chi connectivity index (χ0) is 12.5. The molecule has 0 amide bonds. The predicted octanol–water partition coefficient (Wildman–Crippen LogP) is 2.48. The van der Waals surface area contributed by atoms with Gasteiger partial charge in [0.1, 0.15) is 11.6 Å². The van der Waals surface area contributed by atoms with E-state index in [9.17, 15) is 4.39 Å². The van der Waals surface area contributed by atoms with Crippen LogP contribution in [-0.4, -0.2) is 37.2 Å². The van der Waals surface area contributed by atoms with Gasteiger partial charge in [-0.2, -0.15) is 0 Å². The highest BCUT2D eigenvalue weighted by atomic mass is 19.1. The molecule has 98 valence electrons. The van der Waals surface area contributed by atoms with Crippen LogP contribution >= 0.6 is 0 Å². The first kappa shape index (κ1) is 11.8. The zero-order valence-electron chi connectivity index (χ0n) is 10.7. The van der Waals surface area contributed by atoms with E-state index in [0.717, 1.165) is 24.7 Å². The summed E-state index contributed by atoms with van der Waals surface area (Å²) in [6.45, 7) is 2.26. The van der Waals surface area contributed by atoms with Crippen molar-refractivity contribution in [3.05, 3.63) is 24.0 Å². The zero-order valence-corrected chi connectivity index (χ0v) is 10.7. The van der Waals surface area contributed by atoms with Crippen molar-refractivity contribution in [2.24, 2.45) is 0 Å². The van der Waals surface area contributed by atoms with E-state index in [-0.39, 0.29) is 5.82 Å². The number of anilines is 1. The second-order valence-corrected chi connectivity index (χ2v) is 5.20. The average Bonchev–Trinajstić information content (AvgIpc) is 3.12. The third-order valence-electron chi connectivity index (χ3n) is 3.81. The summed E-state index contributed by atoms with van der Waals surface area (Å²) in [5, 5.41) is 3.47. The van der Waals surface area contributed by atoms with Crippen molar-refractivity contribution < 1.29 is 9.13 Å². The number of benzene rings is 1. The maximum atomic E-state index is 13.1. The molecule has 18 heavy (non-hydrogen) atoms. The molecular weight excluding hydrogens is 231 g/mol. The molecule has 1 saturated heterocycles. The van der Waals surface area contributed by atoms with Gasteiger partial charge >= 0.3 is 0 Å². The summed E-state index contributed by atoms with van der Waals surface area (Å²) in [6, 6.07) is 5.93. The fraction of sp³-hybridized carbons (Fsp3) is 0.571. The second kappa shape index (κ2) is 4.76. The van der Waals surface area contributed by atoms with Gasteiger partial charge in [-0.25, -0.2) is 4.39 Å². The summed E-state index contributed by atoms with van der Waals surface area (Å²) in [6.07, 6.45) is 3.86. The van der Waals surface area contributed by atoms with Crippen LogP contribution in [0.3, 0.4) is 0 Å². The standard InChI is InChI=1S/C14H19FN2O/c1-18-14-8-10(15)2-5-13(14)16-11-6-7-17(9-11)12-3-4-12/h2,5,8,11-12,16H,3-4,6-7,9H2,1H3. The van der Waals surface area contributed by atoms with Gasteiger partial charge in [-0.1, -0.05) is 0 Å². The molecule has 3 nitrogen and oxygen atoms in total. The van der Waals surface area contributed by atoms with Gasteiger partial charge in [-0.3, -0.25) is 4.90 Å². The van der Waals surface area contributed by atoms with Crippen LogP contribution in [0.1, 0.15) is 19.3 Å². The predicted molar refractivity (Wildman–Crippen MR) is 69.6 cm³/mol. The van der Waals surface area contributed by atoms with Crippen LogP contribution in [0.2, 0.25) is 0 Å². The van der Waals surface area contributed by atoms with Gasteiger partial charge in [-0.15, -0.1) is 0 Å². The topological polar surface area (TPSA) is 24.5 Å². The molecule has 0 aromatic heterocycles. The van der Waals surface area contributed by atoms with Crippen molar-refractivity contribution in [3.63, 3.8) is 0 Å². The van der Waals surface area contributed by atoms with Gasteiger partial charge < -0.3 is 10.1 Å². The smallest absolute Gasteiger partial charge is 0.144 e. The Morgan fingerprint density at radius 2 is 2.17 bits per heavy atom. The Morgan fingerprint density at radius 3 is 2.89 bits per heavy atom. The van der Waals surface area contributed by atoms with E-state index in [1.54, 1.807) is 13.2 Å². The van der Waals surface area contributed by atoms with Crippen molar-refractivity contribution in [1.82, 2.24) is 4.90 Å². The lowest BCUT2D eigenvalue weighted by Crippen LogP contribution is -2.27. The Morgan fingerprint density at radius 1 is 1.33 bits per heavy atom. The number of nitrogens with one attached hydrogen (secondary N) is 1. The van der Waals surface area contributed by atoms with Crippen LogP contribution < -0.4 is 10.1 Å². The molecular formula is C14H19FN2O. The molecule has 1 aromatic carbocycles. The summed E-state index contributed by atoms with van der Waals surface area (Å²) in [5.41, 5.74) is 0.890. The van der Waals surface area contributed by atoms with Gasteiger partial charge in [0.05, 0.1) is 12.8 Å². The number of rotatable bonds is 4. The molecule has 1 aliphatic carbocycles. The first-order valence-electron chi connectivity index (χ1n) is 6.60. The third-order valence-corrected chi connectivity index (χ3v) is 3.81. The molecule has 1 unspecified atom stereocenters. The lowest BCUT2D eigenvalue weighted by atomic mass is 10.2. The summed E-state index contributed by atoms with van der Waals surface area (Å²) >= 11 is 0. The van der Waals surface area contributed by atoms with E-state index >= 15 is 0 Å². The van der Waals surface area contributed by atoms with Gasteiger partial charge in [0, 0.05) is 31.2 Å². The number of likely N-dealkylation sites (tertiary alicyclic amines) is 1. The molecule has 1 aromatic rings. The maximum Gasteiger partial charge on any atom is 0.144 e. The van der Waals surface area contributed by atoms with Crippen LogP contribution in [0.15, 0.2) is 18.2 Å². The highest BCUT2D eigenvalue weighted by molar-refractivity contribution is 5.57. The Balaban J connectivity index is 1.65. The minimum atomic E-state index is -0.261. The normalized spacial score (nSPS) is 24.2. The molecule has 2 fully saturated rings. The lowest BCUT2D eigenvalue weighted by Gasteiger charge is -2.18. The summed E-state index contributed by atoms with van der Waals surface area (Å²) in [4.78, 5) is 2.55. The lowest BCUT2D eigenvalue weighted by molar-refractivity contribution is 0.326. The quantitative estimate of drug-likeness (QED) is 0.888. The Kier molecular flexibility index (Phi) is 3.12. The van der Waals surface area contributed by atoms with Crippen LogP contribution in [0.5, 0.6) is 5.75 Å². The van der Waals surface area contributed by atoms with Crippen LogP contribution in [0.25, 0.3) is 0 Å². The van der Waals surface area contributed by atoms with Gasteiger partial charge in [-0.05, 0) is 31.4 Å². The second-order valence-electron chi connectivity index (χ2n) is 5.20. The highest BCUT2D eigenvalue weighted by Gasteiger charge is 2.34. The number of ether oxygens (including phenoxy) is 1. The molecule has 1 atom stereocenters. The number of halogens is 1.